The average molecular weight is 387 g/mol. The number of hydrogen-bond donors (Lipinski definition) is 2. The van der Waals surface area contributed by atoms with Crippen LogP contribution in [0.25, 0.3) is 0 Å². The molecule has 26 heavy (non-hydrogen) atoms. The highest BCUT2D eigenvalue weighted by molar-refractivity contribution is 6.02. The topological polar surface area (TPSA) is 103 Å². The van der Waals surface area contributed by atoms with E-state index in [-0.39, 0.29) is 42.7 Å². The average Bonchev–Trinajstić information content (AvgIpc) is 3.01. The molecule has 0 spiro atoms. The Labute approximate surface area is 154 Å². The third kappa shape index (κ3) is 3.83. The number of aromatic nitrogens is 1. The van der Waals surface area contributed by atoms with Crippen LogP contribution in [0.5, 0.6) is 0 Å². The Hall–Kier alpha value is -2.52. The third-order valence-corrected chi connectivity index (χ3v) is 3.75. The number of halogens is 3. The first-order chi connectivity index (χ1) is 11.9. The number of nitrogens with one attached hydrogen (secondary N) is 1. The quantitative estimate of drug-likeness (QED) is 0.840. The lowest BCUT2D eigenvalue weighted by atomic mass is 9.90. The van der Waals surface area contributed by atoms with E-state index in [2.05, 4.69) is 15.3 Å². The predicted molar refractivity (Wildman–Crippen MR) is 93.0 cm³/mol. The highest BCUT2D eigenvalue weighted by Gasteiger charge is 2.44. The second-order valence-corrected chi connectivity index (χ2v) is 5.61. The van der Waals surface area contributed by atoms with Gasteiger partial charge in [0, 0.05) is 12.6 Å². The second kappa shape index (κ2) is 7.79. The van der Waals surface area contributed by atoms with Crippen LogP contribution in [0.1, 0.15) is 21.9 Å². The first kappa shape index (κ1) is 19.8. The largest absolute Gasteiger partial charge is 0.448 e. The Bertz CT molecular complexity index is 827. The molecule has 140 valence electrons. The fraction of sp³-hybridized carbons (Fsp3) is 0.312. The molecule has 2 heterocycles. The number of nitrogens with two attached hydrogens (primary N) is 1. The first-order valence-electron chi connectivity index (χ1n) is 7.45. The number of alkyl halides is 2. The van der Waals surface area contributed by atoms with Gasteiger partial charge in [0.15, 0.2) is 17.1 Å². The van der Waals surface area contributed by atoms with E-state index in [1.54, 1.807) is 19.1 Å². The summed E-state index contributed by atoms with van der Waals surface area (Å²) in [5.74, 6) is -0.165. The maximum atomic E-state index is 13.7. The number of anilines is 1. The van der Waals surface area contributed by atoms with Gasteiger partial charge in [0.05, 0.1) is 6.61 Å². The van der Waals surface area contributed by atoms with Crippen molar-refractivity contribution in [1.29, 1.82) is 0 Å². The van der Waals surface area contributed by atoms with E-state index >= 15 is 0 Å². The van der Waals surface area contributed by atoms with E-state index in [9.17, 15) is 13.6 Å². The van der Waals surface area contributed by atoms with E-state index in [0.29, 0.717) is 11.6 Å². The lowest BCUT2D eigenvalue weighted by Crippen LogP contribution is -2.44. The number of aliphatic imine (C=N–C) groups is 1. The van der Waals surface area contributed by atoms with Gasteiger partial charge in [0.25, 0.3) is 12.3 Å². The maximum Gasteiger partial charge on any atom is 0.277 e. The molecule has 1 aliphatic heterocycles. The number of aryl methyl sites for hydroxylation is 1. The lowest BCUT2D eigenvalue weighted by Gasteiger charge is -2.33. The Morgan fingerprint density at radius 3 is 2.81 bits per heavy atom. The van der Waals surface area contributed by atoms with Crippen LogP contribution >= 0.6 is 12.4 Å². The third-order valence-electron chi connectivity index (χ3n) is 3.75. The zero-order chi connectivity index (χ0) is 18.0. The molecule has 1 aromatic carbocycles. The standard InChI is InChI=1S/C16H16F2N4O3.ClH/c1-9-20-12(6-25-9)14(23)21-11-4-2-3-10(5-11)16(15(17)18)8-24-7-13(19)22-16;/h2-6,15H,7-8H2,1H3,(H2,19,22)(H,21,23);1H. The minimum atomic E-state index is -2.82. The minimum absolute atomic E-state index is 0. The van der Waals surface area contributed by atoms with Gasteiger partial charge < -0.3 is 20.2 Å². The number of nitrogens with zero attached hydrogens (tertiary/aromatic N) is 2. The van der Waals surface area contributed by atoms with Gasteiger partial charge in [-0.1, -0.05) is 12.1 Å². The molecular weight excluding hydrogens is 370 g/mol. The van der Waals surface area contributed by atoms with Crippen LogP contribution in [0.2, 0.25) is 0 Å². The number of amides is 1. The van der Waals surface area contributed by atoms with Crippen molar-refractivity contribution in [2.24, 2.45) is 10.7 Å². The first-order valence-corrected chi connectivity index (χ1v) is 7.45. The molecule has 3 rings (SSSR count). The van der Waals surface area contributed by atoms with E-state index in [0.717, 1.165) is 0 Å². The molecule has 0 bridgehead atoms. The van der Waals surface area contributed by atoms with Crippen LogP contribution in [0.4, 0.5) is 14.5 Å². The second-order valence-electron chi connectivity index (χ2n) is 5.61. The summed E-state index contributed by atoms with van der Waals surface area (Å²) < 4.78 is 37.6. The summed E-state index contributed by atoms with van der Waals surface area (Å²) in [6.45, 7) is 1.32. The molecule has 0 radical (unpaired) electrons. The summed E-state index contributed by atoms with van der Waals surface area (Å²) in [6, 6.07) is 6.03. The van der Waals surface area contributed by atoms with E-state index in [1.165, 1.54) is 18.4 Å². The number of amidine groups is 1. The predicted octanol–water partition coefficient (Wildman–Crippen LogP) is 2.50. The van der Waals surface area contributed by atoms with Crippen molar-refractivity contribution >= 4 is 29.8 Å². The Morgan fingerprint density at radius 1 is 1.42 bits per heavy atom. The monoisotopic (exact) mass is 386 g/mol. The molecule has 3 N–H and O–H groups in total. The normalized spacial score (nSPS) is 19.6. The van der Waals surface area contributed by atoms with Crippen molar-refractivity contribution in [3.05, 3.63) is 47.7 Å². The lowest BCUT2D eigenvalue weighted by molar-refractivity contribution is -0.0129. The van der Waals surface area contributed by atoms with Crippen LogP contribution in [0.15, 0.2) is 39.9 Å². The number of benzene rings is 1. The highest BCUT2D eigenvalue weighted by atomic mass is 35.5. The highest BCUT2D eigenvalue weighted by Crippen LogP contribution is 2.36. The molecule has 1 unspecified atom stereocenters. The van der Waals surface area contributed by atoms with Gasteiger partial charge in [0.1, 0.15) is 18.7 Å². The Kier molecular flexibility index (Phi) is 5.94. The number of carbonyl (C=O) groups excluding carboxylic acids is 1. The zero-order valence-electron chi connectivity index (χ0n) is 13.7. The van der Waals surface area contributed by atoms with E-state index in [1.807, 2.05) is 0 Å². The molecule has 7 nitrogen and oxygen atoms in total. The van der Waals surface area contributed by atoms with Crippen molar-refractivity contribution in [2.45, 2.75) is 18.9 Å². The molecule has 1 atom stereocenters. The van der Waals surface area contributed by atoms with Crippen LogP contribution in [-0.2, 0) is 10.3 Å². The van der Waals surface area contributed by atoms with Crippen LogP contribution < -0.4 is 11.1 Å². The molecule has 1 aromatic heterocycles. The van der Waals surface area contributed by atoms with Gasteiger partial charge in [-0.2, -0.15) is 0 Å². The molecule has 10 heteroatoms. The van der Waals surface area contributed by atoms with Crippen molar-refractivity contribution in [3.63, 3.8) is 0 Å². The molecular formula is C16H17ClF2N4O3. The summed E-state index contributed by atoms with van der Waals surface area (Å²) >= 11 is 0. The molecule has 2 aromatic rings. The Morgan fingerprint density at radius 2 is 2.19 bits per heavy atom. The fourth-order valence-corrected chi connectivity index (χ4v) is 2.55. The van der Waals surface area contributed by atoms with Gasteiger partial charge in [-0.3, -0.25) is 9.79 Å². The summed E-state index contributed by atoms with van der Waals surface area (Å²) in [6.07, 6.45) is -1.61. The number of oxazole rings is 1. The van der Waals surface area contributed by atoms with Gasteiger partial charge in [-0.25, -0.2) is 13.8 Å². The van der Waals surface area contributed by atoms with E-state index < -0.39 is 17.9 Å². The summed E-state index contributed by atoms with van der Waals surface area (Å²) in [4.78, 5) is 20.0. The molecule has 1 amide bonds. The summed E-state index contributed by atoms with van der Waals surface area (Å²) in [7, 11) is 0. The smallest absolute Gasteiger partial charge is 0.277 e. The number of carbonyl (C=O) groups is 1. The van der Waals surface area contributed by atoms with Crippen molar-refractivity contribution in [1.82, 2.24) is 4.98 Å². The molecule has 0 aliphatic carbocycles. The SMILES string of the molecule is Cc1nc(C(=O)Nc2cccc(C3(C(F)F)COCC(N)=N3)c2)co1.Cl. The van der Waals surface area contributed by atoms with Crippen molar-refractivity contribution in [3.8, 4) is 0 Å². The van der Waals surface area contributed by atoms with E-state index in [4.69, 9.17) is 14.9 Å². The zero-order valence-corrected chi connectivity index (χ0v) is 14.6. The maximum absolute atomic E-state index is 13.7. The molecule has 1 aliphatic rings. The number of ether oxygens (including phenoxy) is 1. The van der Waals surface area contributed by atoms with Crippen LogP contribution in [0.3, 0.4) is 0 Å². The van der Waals surface area contributed by atoms with Gasteiger partial charge in [0.2, 0.25) is 0 Å². The fourth-order valence-electron chi connectivity index (χ4n) is 2.55. The molecule has 0 fully saturated rings. The van der Waals surface area contributed by atoms with Crippen LogP contribution in [0, 0.1) is 6.92 Å². The van der Waals surface area contributed by atoms with Crippen molar-refractivity contribution < 1.29 is 22.7 Å². The van der Waals surface area contributed by atoms with Crippen LogP contribution in [-0.4, -0.2) is 36.4 Å². The summed E-state index contributed by atoms with van der Waals surface area (Å²) in [5, 5.41) is 2.59. The van der Waals surface area contributed by atoms with Gasteiger partial charge in [-0.15, -0.1) is 12.4 Å². The van der Waals surface area contributed by atoms with Gasteiger partial charge >= 0.3 is 0 Å². The summed E-state index contributed by atoms with van der Waals surface area (Å²) in [5.41, 5.74) is 4.30. The van der Waals surface area contributed by atoms with Gasteiger partial charge in [-0.05, 0) is 17.7 Å². The minimum Gasteiger partial charge on any atom is -0.448 e. The molecule has 0 saturated carbocycles. The molecule has 0 saturated heterocycles. The van der Waals surface area contributed by atoms with Crippen molar-refractivity contribution in [2.75, 3.05) is 18.5 Å². The number of rotatable bonds is 4. The number of hydrogen-bond acceptors (Lipinski definition) is 6. The Balaban J connectivity index is 0.00000243.